The summed E-state index contributed by atoms with van der Waals surface area (Å²) in [4.78, 5) is 17.7. The Hall–Kier alpha value is -1.16. The van der Waals surface area contributed by atoms with Crippen LogP contribution in [-0.4, -0.2) is 41.7 Å². The highest BCUT2D eigenvalue weighted by atomic mass is 16.1. The van der Waals surface area contributed by atoms with E-state index in [4.69, 9.17) is 5.73 Å². The summed E-state index contributed by atoms with van der Waals surface area (Å²) in [6, 6.07) is 0. The molecule has 0 fully saturated rings. The van der Waals surface area contributed by atoms with E-state index < -0.39 is 5.91 Å². The van der Waals surface area contributed by atoms with E-state index in [1.165, 1.54) is 5.57 Å². The Kier molecular flexibility index (Phi) is 2.19. The summed E-state index contributed by atoms with van der Waals surface area (Å²) >= 11 is 0. The van der Waals surface area contributed by atoms with Gasteiger partial charge in [-0.2, -0.15) is 0 Å². The first kappa shape index (κ1) is 10.4. The minimum atomic E-state index is -0.393. The van der Waals surface area contributed by atoms with Crippen LogP contribution in [-0.2, 0) is 4.79 Å². The lowest BCUT2D eigenvalue weighted by Gasteiger charge is -2.32. The Labute approximate surface area is 89.8 Å². The molecule has 0 atom stereocenters. The summed E-state index contributed by atoms with van der Waals surface area (Å²) in [5, 5.41) is 0. The largest absolute Gasteiger partial charge is 0.364 e. The average Bonchev–Trinajstić information content (AvgIpc) is 2.56. The zero-order valence-corrected chi connectivity index (χ0v) is 9.50. The summed E-state index contributed by atoms with van der Waals surface area (Å²) in [5.74, 6) is -0.393. The first-order chi connectivity index (χ1) is 6.89. The molecule has 0 aromatic rings. The van der Waals surface area contributed by atoms with E-state index in [2.05, 4.69) is 30.7 Å². The van der Waals surface area contributed by atoms with Crippen LogP contribution in [0.1, 0.15) is 20.8 Å². The number of nitrogens with two attached hydrogens (primary N) is 1. The molecule has 2 aliphatic rings. The highest BCUT2D eigenvalue weighted by Crippen LogP contribution is 2.29. The van der Waals surface area contributed by atoms with E-state index in [1.54, 1.807) is 0 Å². The molecule has 4 nitrogen and oxygen atoms in total. The van der Waals surface area contributed by atoms with Gasteiger partial charge in [0, 0.05) is 18.6 Å². The maximum atomic E-state index is 11.1. The van der Waals surface area contributed by atoms with Crippen LogP contribution in [0.4, 0.5) is 0 Å². The number of primary amides is 1. The first-order valence-electron chi connectivity index (χ1n) is 5.20. The Morgan fingerprint density at radius 3 is 2.60 bits per heavy atom. The molecule has 1 amide bonds. The van der Waals surface area contributed by atoms with E-state index in [1.807, 2.05) is 0 Å². The van der Waals surface area contributed by atoms with Gasteiger partial charge in [0.25, 0.3) is 5.91 Å². The minimum Gasteiger partial charge on any atom is -0.364 e. The molecule has 0 saturated carbocycles. The fourth-order valence-electron chi connectivity index (χ4n) is 2.04. The second kappa shape index (κ2) is 3.17. The van der Waals surface area contributed by atoms with Crippen molar-refractivity contribution in [1.29, 1.82) is 0 Å². The summed E-state index contributed by atoms with van der Waals surface area (Å²) in [6.07, 6.45) is 0. The van der Waals surface area contributed by atoms with Crippen LogP contribution in [0.3, 0.4) is 0 Å². The number of amides is 1. The zero-order valence-electron chi connectivity index (χ0n) is 9.50. The van der Waals surface area contributed by atoms with Gasteiger partial charge in [0.05, 0.1) is 6.54 Å². The van der Waals surface area contributed by atoms with Crippen LogP contribution in [0.2, 0.25) is 0 Å². The van der Waals surface area contributed by atoms with Gasteiger partial charge in [0.15, 0.2) is 0 Å². The van der Waals surface area contributed by atoms with E-state index in [-0.39, 0.29) is 5.54 Å². The van der Waals surface area contributed by atoms with Crippen LogP contribution in [0.25, 0.3) is 0 Å². The Bertz CT molecular complexity index is 374. The lowest BCUT2D eigenvalue weighted by molar-refractivity contribution is -0.111. The number of hydrogen-bond donors (Lipinski definition) is 1. The van der Waals surface area contributed by atoms with Crippen LogP contribution in [0, 0.1) is 0 Å². The number of carbonyl (C=O) groups is 1. The number of rotatable bonds is 1. The van der Waals surface area contributed by atoms with Crippen LogP contribution < -0.4 is 5.73 Å². The predicted molar refractivity (Wildman–Crippen MR) is 59.8 cm³/mol. The molecule has 0 aromatic carbocycles. The van der Waals surface area contributed by atoms with Crippen LogP contribution in [0.15, 0.2) is 16.1 Å². The highest BCUT2D eigenvalue weighted by Gasteiger charge is 2.35. The van der Waals surface area contributed by atoms with Gasteiger partial charge in [-0.3, -0.25) is 14.7 Å². The van der Waals surface area contributed by atoms with Crippen molar-refractivity contribution >= 4 is 11.6 Å². The topological polar surface area (TPSA) is 58.7 Å². The molecule has 0 aliphatic carbocycles. The van der Waals surface area contributed by atoms with Gasteiger partial charge in [0.1, 0.15) is 5.71 Å². The van der Waals surface area contributed by atoms with Crippen molar-refractivity contribution in [2.45, 2.75) is 26.3 Å². The maximum absolute atomic E-state index is 11.1. The molecule has 4 heteroatoms. The van der Waals surface area contributed by atoms with E-state index in [9.17, 15) is 4.79 Å². The predicted octanol–water partition coefficient (Wildman–Crippen LogP) is 0.337. The molecular weight excluding hydrogens is 190 g/mol. The van der Waals surface area contributed by atoms with Crippen molar-refractivity contribution in [2.75, 3.05) is 19.6 Å². The molecule has 0 bridgehead atoms. The Morgan fingerprint density at radius 1 is 1.40 bits per heavy atom. The van der Waals surface area contributed by atoms with Crippen molar-refractivity contribution < 1.29 is 4.79 Å². The van der Waals surface area contributed by atoms with Gasteiger partial charge in [-0.1, -0.05) is 0 Å². The summed E-state index contributed by atoms with van der Waals surface area (Å²) in [6.45, 7) is 8.91. The van der Waals surface area contributed by atoms with E-state index in [0.29, 0.717) is 12.3 Å². The quantitative estimate of drug-likeness (QED) is 0.674. The van der Waals surface area contributed by atoms with Gasteiger partial charge >= 0.3 is 0 Å². The monoisotopic (exact) mass is 207 g/mol. The number of hydrogen-bond acceptors (Lipinski definition) is 3. The second-order valence-electron chi connectivity index (χ2n) is 5.14. The maximum Gasteiger partial charge on any atom is 0.267 e. The minimum absolute atomic E-state index is 0.132. The van der Waals surface area contributed by atoms with Crippen molar-refractivity contribution in [3.8, 4) is 0 Å². The van der Waals surface area contributed by atoms with Crippen molar-refractivity contribution in [3.05, 3.63) is 11.1 Å². The molecule has 0 saturated heterocycles. The number of nitrogens with zero attached hydrogens (tertiary/aromatic N) is 2. The fourth-order valence-corrected chi connectivity index (χ4v) is 2.04. The molecule has 2 N–H and O–H groups in total. The fraction of sp³-hybridized carbons (Fsp3) is 0.636. The van der Waals surface area contributed by atoms with E-state index in [0.717, 1.165) is 18.7 Å². The van der Waals surface area contributed by atoms with Crippen molar-refractivity contribution in [2.24, 2.45) is 10.7 Å². The molecule has 0 spiro atoms. The van der Waals surface area contributed by atoms with Gasteiger partial charge in [-0.25, -0.2) is 0 Å². The SMILES string of the molecule is CC(C)(C)N1CC2=C(C1)C(C(N)=O)=NC2. The van der Waals surface area contributed by atoms with Gasteiger partial charge in [-0.15, -0.1) is 0 Å². The first-order valence-corrected chi connectivity index (χ1v) is 5.20. The smallest absolute Gasteiger partial charge is 0.267 e. The number of aliphatic imine (C=N–C) groups is 1. The summed E-state index contributed by atoms with van der Waals surface area (Å²) in [7, 11) is 0. The average molecular weight is 207 g/mol. The molecule has 2 heterocycles. The third kappa shape index (κ3) is 1.69. The third-order valence-corrected chi connectivity index (χ3v) is 3.05. The third-order valence-electron chi connectivity index (χ3n) is 3.05. The molecule has 0 unspecified atom stereocenters. The molecule has 15 heavy (non-hydrogen) atoms. The molecule has 0 radical (unpaired) electrons. The van der Waals surface area contributed by atoms with Gasteiger partial charge in [-0.05, 0) is 31.9 Å². The molecule has 0 aromatic heterocycles. The molecule has 82 valence electrons. The Balaban J connectivity index is 2.17. The number of carbonyl (C=O) groups excluding carboxylic acids is 1. The van der Waals surface area contributed by atoms with Crippen LogP contribution in [0.5, 0.6) is 0 Å². The normalized spacial score (nSPS) is 21.9. The zero-order chi connectivity index (χ0) is 11.2. The highest BCUT2D eigenvalue weighted by molar-refractivity contribution is 6.45. The Morgan fingerprint density at radius 2 is 2.07 bits per heavy atom. The summed E-state index contributed by atoms with van der Waals surface area (Å²) in [5.41, 5.74) is 8.24. The lowest BCUT2D eigenvalue weighted by Crippen LogP contribution is -2.41. The van der Waals surface area contributed by atoms with E-state index >= 15 is 0 Å². The van der Waals surface area contributed by atoms with Gasteiger partial charge in [0.2, 0.25) is 0 Å². The summed E-state index contributed by atoms with van der Waals surface area (Å²) < 4.78 is 0. The molecule has 2 aliphatic heterocycles. The standard InChI is InChI=1S/C11H17N3O/c1-11(2,3)14-5-7-4-13-9(10(12)15)8(7)6-14/h4-6H2,1-3H3,(H2,12,15). The van der Waals surface area contributed by atoms with Crippen molar-refractivity contribution in [1.82, 2.24) is 4.90 Å². The molecule has 2 rings (SSSR count). The van der Waals surface area contributed by atoms with Crippen LogP contribution >= 0.6 is 0 Å². The lowest BCUT2D eigenvalue weighted by atomic mass is 10.1. The second-order valence-corrected chi connectivity index (χ2v) is 5.14. The molecular formula is C11H17N3O. The van der Waals surface area contributed by atoms with Gasteiger partial charge < -0.3 is 5.73 Å². The van der Waals surface area contributed by atoms with Crippen molar-refractivity contribution in [3.63, 3.8) is 0 Å².